The van der Waals surface area contributed by atoms with Gasteiger partial charge in [0.1, 0.15) is 11.6 Å². The summed E-state index contributed by atoms with van der Waals surface area (Å²) in [7, 11) is 3.34. The molecular formula is C16H22N4O2. The van der Waals surface area contributed by atoms with Gasteiger partial charge in [-0.25, -0.2) is 4.98 Å². The molecule has 0 spiro atoms. The Kier molecular flexibility index (Phi) is 5.97. The van der Waals surface area contributed by atoms with Crippen molar-refractivity contribution in [3.8, 4) is 5.75 Å². The van der Waals surface area contributed by atoms with Crippen LogP contribution in [0.15, 0.2) is 30.3 Å². The zero-order valence-corrected chi connectivity index (χ0v) is 13.2. The molecule has 0 bridgehead atoms. The molecule has 6 heteroatoms. The van der Waals surface area contributed by atoms with Crippen LogP contribution in [0.1, 0.15) is 12.1 Å². The lowest BCUT2D eigenvalue weighted by Gasteiger charge is -2.12. The number of para-hydroxylation sites is 2. The van der Waals surface area contributed by atoms with Crippen LogP contribution in [0.4, 0.5) is 17.5 Å². The average molecular weight is 302 g/mol. The lowest BCUT2D eigenvalue weighted by atomic mass is 10.3. The second kappa shape index (κ2) is 8.19. The number of hydrogen-bond donors (Lipinski definition) is 2. The molecule has 0 aliphatic heterocycles. The largest absolute Gasteiger partial charge is 0.495 e. The van der Waals surface area contributed by atoms with Crippen LogP contribution in [0.5, 0.6) is 5.75 Å². The summed E-state index contributed by atoms with van der Waals surface area (Å²) in [5.74, 6) is 2.10. The van der Waals surface area contributed by atoms with Crippen molar-refractivity contribution in [3.05, 3.63) is 36.0 Å². The Labute approximate surface area is 130 Å². The Morgan fingerprint density at radius 3 is 2.73 bits per heavy atom. The van der Waals surface area contributed by atoms with Gasteiger partial charge in [0.25, 0.3) is 0 Å². The fraction of sp³-hybridized carbons (Fsp3) is 0.375. The molecule has 118 valence electrons. The fourth-order valence-electron chi connectivity index (χ4n) is 2.01. The van der Waals surface area contributed by atoms with Crippen LogP contribution in [0.25, 0.3) is 0 Å². The molecule has 2 N–H and O–H groups in total. The summed E-state index contributed by atoms with van der Waals surface area (Å²) in [6.45, 7) is 3.42. The van der Waals surface area contributed by atoms with E-state index in [0.29, 0.717) is 12.6 Å². The van der Waals surface area contributed by atoms with Crippen molar-refractivity contribution in [1.29, 1.82) is 0 Å². The molecule has 6 nitrogen and oxygen atoms in total. The lowest BCUT2D eigenvalue weighted by molar-refractivity contribution is 0.197. The van der Waals surface area contributed by atoms with Crippen molar-refractivity contribution in [1.82, 2.24) is 9.97 Å². The molecule has 2 rings (SSSR count). The lowest BCUT2D eigenvalue weighted by Crippen LogP contribution is -2.09. The van der Waals surface area contributed by atoms with Crippen molar-refractivity contribution < 1.29 is 9.47 Å². The first-order valence-electron chi connectivity index (χ1n) is 7.21. The number of rotatable bonds is 8. The Hall–Kier alpha value is -2.34. The van der Waals surface area contributed by atoms with Gasteiger partial charge in [0.15, 0.2) is 0 Å². The number of anilines is 3. The predicted molar refractivity (Wildman–Crippen MR) is 88.0 cm³/mol. The van der Waals surface area contributed by atoms with E-state index < -0.39 is 0 Å². The van der Waals surface area contributed by atoms with Crippen molar-refractivity contribution in [2.45, 2.75) is 13.3 Å². The molecule has 1 aromatic heterocycles. The Morgan fingerprint density at radius 1 is 1.14 bits per heavy atom. The second-order valence-electron chi connectivity index (χ2n) is 4.82. The molecule has 0 saturated carbocycles. The molecule has 0 radical (unpaired) electrons. The normalized spacial score (nSPS) is 10.3. The van der Waals surface area contributed by atoms with Crippen molar-refractivity contribution >= 4 is 17.5 Å². The number of aromatic nitrogens is 2. The topological polar surface area (TPSA) is 68.3 Å². The smallest absolute Gasteiger partial charge is 0.224 e. The van der Waals surface area contributed by atoms with E-state index in [4.69, 9.17) is 9.47 Å². The molecule has 0 saturated heterocycles. The first-order valence-corrected chi connectivity index (χ1v) is 7.21. The van der Waals surface area contributed by atoms with Gasteiger partial charge in [-0.2, -0.15) is 4.98 Å². The molecule has 0 fully saturated rings. The van der Waals surface area contributed by atoms with Gasteiger partial charge >= 0.3 is 0 Å². The number of nitrogens with zero attached hydrogens (tertiary/aromatic N) is 2. The number of benzene rings is 1. The van der Waals surface area contributed by atoms with E-state index in [9.17, 15) is 0 Å². The van der Waals surface area contributed by atoms with Crippen LogP contribution in [0.2, 0.25) is 0 Å². The summed E-state index contributed by atoms with van der Waals surface area (Å²) in [5, 5.41) is 6.47. The van der Waals surface area contributed by atoms with Gasteiger partial charge in [-0.3, -0.25) is 0 Å². The summed E-state index contributed by atoms with van der Waals surface area (Å²) in [6, 6.07) is 9.62. The number of nitrogens with one attached hydrogen (secondary N) is 2. The minimum atomic E-state index is 0.605. The highest BCUT2D eigenvalue weighted by Crippen LogP contribution is 2.26. The molecule has 0 aliphatic rings. The molecule has 0 aliphatic carbocycles. The van der Waals surface area contributed by atoms with E-state index >= 15 is 0 Å². The molecule has 1 heterocycles. The van der Waals surface area contributed by atoms with Crippen molar-refractivity contribution in [2.24, 2.45) is 0 Å². The molecule has 0 unspecified atom stereocenters. The highest BCUT2D eigenvalue weighted by atomic mass is 16.5. The van der Waals surface area contributed by atoms with Crippen molar-refractivity contribution in [3.63, 3.8) is 0 Å². The van der Waals surface area contributed by atoms with Gasteiger partial charge in [0.2, 0.25) is 5.95 Å². The third-order valence-electron chi connectivity index (χ3n) is 3.03. The van der Waals surface area contributed by atoms with Crippen LogP contribution in [0, 0.1) is 6.92 Å². The van der Waals surface area contributed by atoms with Crippen LogP contribution in [-0.2, 0) is 4.74 Å². The number of hydrogen-bond acceptors (Lipinski definition) is 6. The standard InChI is InChI=1S/C16H22N4O2/c1-12-11-15(19-13-7-4-5-8-14(13)22-3)20-16(18-12)17-9-6-10-21-2/h4-5,7-8,11H,6,9-10H2,1-3H3,(H2,17,18,19,20). The summed E-state index contributed by atoms with van der Waals surface area (Å²) in [4.78, 5) is 8.85. The maximum Gasteiger partial charge on any atom is 0.224 e. The Morgan fingerprint density at radius 2 is 1.95 bits per heavy atom. The quantitative estimate of drug-likeness (QED) is 0.731. The zero-order chi connectivity index (χ0) is 15.8. The van der Waals surface area contributed by atoms with E-state index in [1.165, 1.54) is 0 Å². The highest BCUT2D eigenvalue weighted by molar-refractivity contribution is 5.64. The summed E-state index contributed by atoms with van der Waals surface area (Å²) < 4.78 is 10.4. The number of methoxy groups -OCH3 is 2. The monoisotopic (exact) mass is 302 g/mol. The maximum absolute atomic E-state index is 5.33. The van der Waals surface area contributed by atoms with Gasteiger partial charge in [0.05, 0.1) is 12.8 Å². The van der Waals surface area contributed by atoms with Crippen molar-refractivity contribution in [2.75, 3.05) is 38.0 Å². The van der Waals surface area contributed by atoms with Gasteiger partial charge in [-0.05, 0) is 25.5 Å². The average Bonchev–Trinajstić information content (AvgIpc) is 2.52. The van der Waals surface area contributed by atoms with E-state index in [-0.39, 0.29) is 0 Å². The third kappa shape index (κ3) is 4.60. The minimum Gasteiger partial charge on any atom is -0.495 e. The fourth-order valence-corrected chi connectivity index (χ4v) is 2.01. The molecule has 0 amide bonds. The highest BCUT2D eigenvalue weighted by Gasteiger charge is 2.05. The van der Waals surface area contributed by atoms with E-state index in [1.807, 2.05) is 37.3 Å². The van der Waals surface area contributed by atoms with Gasteiger partial charge < -0.3 is 20.1 Å². The summed E-state index contributed by atoms with van der Waals surface area (Å²) >= 11 is 0. The summed E-state index contributed by atoms with van der Waals surface area (Å²) in [5.41, 5.74) is 1.76. The molecule has 2 aromatic rings. The van der Waals surface area contributed by atoms with E-state index in [0.717, 1.165) is 35.9 Å². The number of ether oxygens (including phenoxy) is 2. The van der Waals surface area contributed by atoms with Crippen LogP contribution >= 0.6 is 0 Å². The minimum absolute atomic E-state index is 0.605. The zero-order valence-electron chi connectivity index (χ0n) is 13.2. The molecule has 22 heavy (non-hydrogen) atoms. The predicted octanol–water partition coefficient (Wildman–Crippen LogP) is 2.99. The van der Waals surface area contributed by atoms with Crippen LogP contribution < -0.4 is 15.4 Å². The van der Waals surface area contributed by atoms with E-state index in [2.05, 4.69) is 20.6 Å². The molecule has 1 aromatic carbocycles. The Balaban J connectivity index is 2.09. The Bertz CT molecular complexity index is 604. The van der Waals surface area contributed by atoms with Gasteiger partial charge in [-0.1, -0.05) is 12.1 Å². The first-order chi connectivity index (χ1) is 10.7. The van der Waals surface area contributed by atoms with E-state index in [1.54, 1.807) is 14.2 Å². The maximum atomic E-state index is 5.33. The number of aryl methyl sites for hydroxylation is 1. The first kappa shape index (κ1) is 16.0. The SMILES string of the molecule is COCCCNc1nc(C)cc(Nc2ccccc2OC)n1. The van der Waals surface area contributed by atoms with Gasteiger partial charge in [-0.15, -0.1) is 0 Å². The molecule has 0 atom stereocenters. The van der Waals surface area contributed by atoms with Crippen LogP contribution in [-0.4, -0.2) is 37.3 Å². The molecular weight excluding hydrogens is 280 g/mol. The van der Waals surface area contributed by atoms with Gasteiger partial charge in [0, 0.05) is 32.0 Å². The third-order valence-corrected chi connectivity index (χ3v) is 3.03. The second-order valence-corrected chi connectivity index (χ2v) is 4.82. The van der Waals surface area contributed by atoms with Crippen LogP contribution in [0.3, 0.4) is 0 Å². The summed E-state index contributed by atoms with van der Waals surface area (Å²) in [6.07, 6.45) is 0.906.